The molecule has 1 aliphatic carbocycles. The molecule has 8 nitrogen and oxygen atoms in total. The van der Waals surface area contributed by atoms with Crippen LogP contribution in [0.5, 0.6) is 0 Å². The maximum atomic E-state index is 12.3. The fraction of sp³-hybridized carbons (Fsp3) is 0.190. The number of benzene rings is 1. The van der Waals surface area contributed by atoms with Crippen molar-refractivity contribution >= 4 is 22.4 Å². The number of anilines is 2. The summed E-state index contributed by atoms with van der Waals surface area (Å²) >= 11 is 0. The number of hydrogen-bond donors (Lipinski definition) is 2. The van der Waals surface area contributed by atoms with Gasteiger partial charge < -0.3 is 14.9 Å². The van der Waals surface area contributed by atoms with Crippen LogP contribution in [0.15, 0.2) is 59.8 Å². The van der Waals surface area contributed by atoms with Gasteiger partial charge in [-0.1, -0.05) is 12.1 Å². The second kappa shape index (κ2) is 6.87. The molecular formula is C21H17N7O. The molecule has 8 heteroatoms. The third kappa shape index (κ3) is 3.02. The van der Waals surface area contributed by atoms with Crippen LogP contribution in [0.2, 0.25) is 0 Å². The highest BCUT2D eigenvalue weighted by molar-refractivity contribution is 5.92. The van der Waals surface area contributed by atoms with E-state index in [1.807, 2.05) is 41.0 Å². The van der Waals surface area contributed by atoms with Gasteiger partial charge in [0.25, 0.3) is 0 Å². The van der Waals surface area contributed by atoms with E-state index in [0.717, 1.165) is 18.4 Å². The number of nitrogens with zero attached hydrogens (tertiary/aromatic N) is 5. The van der Waals surface area contributed by atoms with Crippen molar-refractivity contribution in [1.82, 2.24) is 24.7 Å². The van der Waals surface area contributed by atoms with E-state index in [1.165, 1.54) is 6.07 Å². The summed E-state index contributed by atoms with van der Waals surface area (Å²) in [5.74, 6) is 1.38. The summed E-state index contributed by atoms with van der Waals surface area (Å²) < 4.78 is 1.99. The molecule has 1 aromatic carbocycles. The molecule has 0 saturated heterocycles. The first-order valence-electron chi connectivity index (χ1n) is 9.37. The van der Waals surface area contributed by atoms with Gasteiger partial charge in [0.05, 0.1) is 28.6 Å². The summed E-state index contributed by atoms with van der Waals surface area (Å²) in [5.41, 5.74) is 2.07. The minimum atomic E-state index is -0.0604. The Morgan fingerprint density at radius 1 is 1.17 bits per heavy atom. The predicted octanol–water partition coefficient (Wildman–Crippen LogP) is 3.40. The van der Waals surface area contributed by atoms with E-state index < -0.39 is 0 Å². The maximum absolute atomic E-state index is 12.3. The zero-order chi connectivity index (χ0) is 19.8. The smallest absolute Gasteiger partial charge is 0.191 e. The summed E-state index contributed by atoms with van der Waals surface area (Å²) in [6.45, 7) is 0. The number of nitriles is 1. The lowest BCUT2D eigenvalue weighted by Gasteiger charge is -2.32. The summed E-state index contributed by atoms with van der Waals surface area (Å²) in [5, 5.41) is 21.1. The third-order valence-electron chi connectivity index (χ3n) is 5.29. The minimum absolute atomic E-state index is 0.0604. The molecule has 3 heterocycles. The van der Waals surface area contributed by atoms with Crippen molar-refractivity contribution in [3.05, 3.63) is 65.2 Å². The summed E-state index contributed by atoms with van der Waals surface area (Å²) in [6.07, 6.45) is 4.94. The normalized spacial score (nSPS) is 18.2. The van der Waals surface area contributed by atoms with Crippen LogP contribution in [0.3, 0.4) is 0 Å². The second-order valence-corrected chi connectivity index (χ2v) is 7.12. The van der Waals surface area contributed by atoms with Crippen LogP contribution in [0.25, 0.3) is 22.4 Å². The Labute approximate surface area is 165 Å². The Kier molecular flexibility index (Phi) is 4.06. The lowest BCUT2D eigenvalue weighted by molar-refractivity contribution is 0.249. The van der Waals surface area contributed by atoms with Crippen molar-refractivity contribution in [3.8, 4) is 17.6 Å². The highest BCUT2D eigenvalue weighted by Crippen LogP contribution is 2.39. The molecule has 2 N–H and O–H groups in total. The molecule has 0 amide bonds. The monoisotopic (exact) mass is 383 g/mol. The van der Waals surface area contributed by atoms with Crippen molar-refractivity contribution in [3.63, 3.8) is 0 Å². The van der Waals surface area contributed by atoms with Crippen molar-refractivity contribution < 1.29 is 0 Å². The van der Waals surface area contributed by atoms with Crippen LogP contribution in [0, 0.1) is 17.2 Å². The van der Waals surface area contributed by atoms with Crippen molar-refractivity contribution in [1.29, 1.82) is 5.26 Å². The Morgan fingerprint density at radius 2 is 2.03 bits per heavy atom. The Bertz CT molecular complexity index is 1290. The van der Waals surface area contributed by atoms with Crippen molar-refractivity contribution in [2.75, 3.05) is 5.32 Å². The summed E-state index contributed by atoms with van der Waals surface area (Å²) in [7, 11) is 0. The number of rotatable bonds is 4. The fourth-order valence-electron chi connectivity index (χ4n) is 3.71. The van der Waals surface area contributed by atoms with Gasteiger partial charge in [0, 0.05) is 18.3 Å². The van der Waals surface area contributed by atoms with E-state index in [2.05, 4.69) is 31.6 Å². The average Bonchev–Trinajstić information content (AvgIpc) is 3.17. The van der Waals surface area contributed by atoms with Crippen LogP contribution in [-0.2, 0) is 0 Å². The highest BCUT2D eigenvalue weighted by atomic mass is 16.1. The summed E-state index contributed by atoms with van der Waals surface area (Å²) in [4.78, 5) is 20.1. The molecule has 0 bridgehead atoms. The number of aromatic amines is 1. The molecular weight excluding hydrogens is 366 g/mol. The highest BCUT2D eigenvalue weighted by Gasteiger charge is 2.32. The number of hydrogen-bond acceptors (Lipinski definition) is 6. The first-order valence-corrected chi connectivity index (χ1v) is 9.37. The summed E-state index contributed by atoms with van der Waals surface area (Å²) in [6, 6.07) is 15.2. The topological polar surface area (TPSA) is 112 Å². The van der Waals surface area contributed by atoms with Gasteiger partial charge in [-0.3, -0.25) is 4.79 Å². The molecule has 0 spiro atoms. The maximum Gasteiger partial charge on any atom is 0.191 e. The first-order chi connectivity index (χ1) is 14.2. The van der Waals surface area contributed by atoms with Crippen LogP contribution >= 0.6 is 0 Å². The Morgan fingerprint density at radius 3 is 2.90 bits per heavy atom. The molecule has 29 heavy (non-hydrogen) atoms. The zero-order valence-electron chi connectivity index (χ0n) is 15.4. The minimum Gasteiger partial charge on any atom is -0.361 e. The van der Waals surface area contributed by atoms with E-state index in [-0.39, 0.29) is 17.4 Å². The van der Waals surface area contributed by atoms with Gasteiger partial charge in [0.1, 0.15) is 17.8 Å². The number of H-pyrrole nitrogens is 1. The van der Waals surface area contributed by atoms with Crippen LogP contribution in [-0.4, -0.2) is 24.7 Å². The van der Waals surface area contributed by atoms with Crippen LogP contribution < -0.4 is 10.7 Å². The lowest BCUT2D eigenvalue weighted by atomic mass is 9.81. The van der Waals surface area contributed by atoms with E-state index in [0.29, 0.717) is 28.4 Å². The van der Waals surface area contributed by atoms with E-state index in [9.17, 15) is 4.79 Å². The molecule has 1 saturated carbocycles. The standard InChI is InChI=1S/C21H17N7O/c22-11-13-9-14(10-13)28-12-24-27-21(28)17-5-2-6-19(26-17)25-16-4-1-3-15-20(16)18(29)7-8-23-15/h1-8,12-14H,9-10H2,(H,23,29)(H,25,26)/t13-,14+. The number of pyridine rings is 2. The van der Waals surface area contributed by atoms with Crippen molar-refractivity contribution in [2.24, 2.45) is 5.92 Å². The van der Waals surface area contributed by atoms with Gasteiger partial charge in [0.2, 0.25) is 0 Å². The second-order valence-electron chi connectivity index (χ2n) is 7.12. The molecule has 3 aromatic heterocycles. The largest absolute Gasteiger partial charge is 0.361 e. The number of aromatic nitrogens is 5. The Balaban J connectivity index is 1.48. The molecule has 4 aromatic rings. The van der Waals surface area contributed by atoms with Gasteiger partial charge in [-0.05, 0) is 37.1 Å². The van der Waals surface area contributed by atoms with E-state index in [4.69, 9.17) is 5.26 Å². The molecule has 0 aliphatic heterocycles. The zero-order valence-corrected chi connectivity index (χ0v) is 15.4. The Hall–Kier alpha value is -3.99. The number of nitrogens with one attached hydrogen (secondary N) is 2. The molecule has 142 valence electrons. The van der Waals surface area contributed by atoms with Gasteiger partial charge >= 0.3 is 0 Å². The fourth-order valence-corrected chi connectivity index (χ4v) is 3.71. The molecule has 1 fully saturated rings. The molecule has 0 unspecified atom stereocenters. The quantitative estimate of drug-likeness (QED) is 0.558. The SMILES string of the molecule is N#C[C@H]1C[C@@H](n2cnnc2-c2cccc(Nc3cccc4[nH]ccc(=O)c34)n2)C1. The third-order valence-corrected chi connectivity index (χ3v) is 5.29. The molecule has 5 rings (SSSR count). The molecule has 1 aliphatic rings. The van der Waals surface area contributed by atoms with E-state index >= 15 is 0 Å². The first kappa shape index (κ1) is 17.1. The predicted molar refractivity (Wildman–Crippen MR) is 108 cm³/mol. The molecule has 0 atom stereocenters. The van der Waals surface area contributed by atoms with Crippen molar-refractivity contribution in [2.45, 2.75) is 18.9 Å². The van der Waals surface area contributed by atoms with Gasteiger partial charge in [0.15, 0.2) is 11.3 Å². The van der Waals surface area contributed by atoms with Crippen LogP contribution in [0.4, 0.5) is 11.5 Å². The van der Waals surface area contributed by atoms with Gasteiger partial charge in [-0.15, -0.1) is 10.2 Å². The lowest BCUT2D eigenvalue weighted by Crippen LogP contribution is -2.25. The van der Waals surface area contributed by atoms with Gasteiger partial charge in [-0.2, -0.15) is 5.26 Å². The number of fused-ring (bicyclic) bond motifs is 1. The average molecular weight is 383 g/mol. The van der Waals surface area contributed by atoms with Gasteiger partial charge in [-0.25, -0.2) is 4.98 Å². The van der Waals surface area contributed by atoms with Crippen LogP contribution in [0.1, 0.15) is 18.9 Å². The molecule has 0 radical (unpaired) electrons. The van der Waals surface area contributed by atoms with E-state index in [1.54, 1.807) is 12.5 Å².